The van der Waals surface area contributed by atoms with Crippen LogP contribution in [0.1, 0.15) is 93.4 Å². The van der Waals surface area contributed by atoms with Crippen molar-refractivity contribution in [3.05, 3.63) is 11.1 Å². The number of allylic oxidation sites excluding steroid dienone is 1. The molecule has 0 spiro atoms. The summed E-state index contributed by atoms with van der Waals surface area (Å²) in [4.78, 5) is 26.6. The Hall–Kier alpha value is -1.08. The molecule has 4 aliphatic carbocycles. The Morgan fingerprint density at radius 1 is 1.00 bits per heavy atom. The molecule has 0 radical (unpaired) electrons. The molecule has 0 bridgehead atoms. The van der Waals surface area contributed by atoms with E-state index >= 15 is 0 Å². The van der Waals surface area contributed by atoms with E-state index in [1.54, 1.807) is 6.92 Å². The first-order valence-electron chi connectivity index (χ1n) is 13.5. The molecule has 0 heterocycles. The summed E-state index contributed by atoms with van der Waals surface area (Å²) >= 11 is 0. The number of hydrogen-bond acceptors (Lipinski definition) is 6. The summed E-state index contributed by atoms with van der Waals surface area (Å²) in [6.45, 7) is 13.9. The molecule has 4 aliphatic rings. The van der Waals surface area contributed by atoms with Crippen molar-refractivity contribution >= 4 is 11.6 Å². The Labute approximate surface area is 210 Å². The summed E-state index contributed by atoms with van der Waals surface area (Å²) < 4.78 is 0. The number of rotatable bonds is 5. The third-order valence-electron chi connectivity index (χ3n) is 11.4. The number of carbonyl (C=O) groups is 2. The van der Waals surface area contributed by atoms with Crippen LogP contribution in [-0.4, -0.2) is 56.4 Å². The van der Waals surface area contributed by atoms with Gasteiger partial charge in [0, 0.05) is 30.3 Å². The number of hydrogen-bond donors (Lipinski definition) is 4. The van der Waals surface area contributed by atoms with Gasteiger partial charge in [0.15, 0.2) is 5.78 Å². The van der Waals surface area contributed by atoms with Gasteiger partial charge >= 0.3 is 0 Å². The summed E-state index contributed by atoms with van der Waals surface area (Å²) in [7, 11) is 0. The Balaban J connectivity index is 1.79. The largest absolute Gasteiger partial charge is 0.393 e. The van der Waals surface area contributed by atoms with Crippen molar-refractivity contribution in [1.82, 2.24) is 0 Å². The molecule has 0 aromatic rings. The summed E-state index contributed by atoms with van der Waals surface area (Å²) in [6.07, 6.45) is 0.243. The van der Waals surface area contributed by atoms with Crippen molar-refractivity contribution in [2.75, 3.05) is 0 Å². The van der Waals surface area contributed by atoms with E-state index < -0.39 is 46.1 Å². The van der Waals surface area contributed by atoms with E-state index in [4.69, 9.17) is 0 Å². The minimum absolute atomic E-state index is 0.00252. The Morgan fingerprint density at radius 2 is 1.63 bits per heavy atom. The van der Waals surface area contributed by atoms with Gasteiger partial charge in [-0.1, -0.05) is 41.5 Å². The molecule has 10 atom stereocenters. The summed E-state index contributed by atoms with van der Waals surface area (Å²) in [6, 6.07) is 0. The van der Waals surface area contributed by atoms with Crippen LogP contribution in [-0.2, 0) is 9.59 Å². The first-order valence-corrected chi connectivity index (χ1v) is 13.5. The fourth-order valence-corrected chi connectivity index (χ4v) is 9.29. The van der Waals surface area contributed by atoms with Gasteiger partial charge in [-0.15, -0.1) is 0 Å². The van der Waals surface area contributed by atoms with E-state index in [0.29, 0.717) is 37.7 Å². The average Bonchev–Trinajstić information content (AvgIpc) is 2.93. The third-order valence-corrected chi connectivity index (χ3v) is 11.4. The maximum absolute atomic E-state index is 14.0. The lowest BCUT2D eigenvalue weighted by atomic mass is 9.42. The lowest BCUT2D eigenvalue weighted by molar-refractivity contribution is -0.140. The first-order chi connectivity index (χ1) is 16.0. The minimum Gasteiger partial charge on any atom is -0.393 e. The Bertz CT molecular complexity index is 935. The monoisotopic (exact) mass is 490 g/mol. The summed E-state index contributed by atoms with van der Waals surface area (Å²) in [5, 5.41) is 43.6. The summed E-state index contributed by atoms with van der Waals surface area (Å²) in [5.74, 6) is -0.0839. The van der Waals surface area contributed by atoms with E-state index in [1.807, 2.05) is 27.7 Å². The van der Waals surface area contributed by atoms with Gasteiger partial charge in [0.05, 0.1) is 24.4 Å². The van der Waals surface area contributed by atoms with Gasteiger partial charge in [0.2, 0.25) is 0 Å². The number of Topliss-reactive ketones (excluding diaryl/α,β-unsaturated/α-hetero) is 2. The maximum Gasteiger partial charge on any atom is 0.160 e. The van der Waals surface area contributed by atoms with Crippen LogP contribution >= 0.6 is 0 Å². The molecule has 0 aromatic carbocycles. The van der Waals surface area contributed by atoms with Crippen LogP contribution in [0.2, 0.25) is 0 Å². The molecule has 6 nitrogen and oxygen atoms in total. The molecule has 35 heavy (non-hydrogen) atoms. The smallest absolute Gasteiger partial charge is 0.160 e. The lowest BCUT2D eigenvalue weighted by Crippen LogP contribution is -2.61. The molecule has 4 rings (SSSR count). The van der Waals surface area contributed by atoms with Crippen molar-refractivity contribution < 1.29 is 30.0 Å². The van der Waals surface area contributed by atoms with Gasteiger partial charge in [-0.05, 0) is 72.2 Å². The average molecular weight is 491 g/mol. The van der Waals surface area contributed by atoms with Crippen LogP contribution in [0.25, 0.3) is 0 Å². The molecule has 0 aromatic heterocycles. The van der Waals surface area contributed by atoms with Crippen molar-refractivity contribution in [3.8, 4) is 0 Å². The van der Waals surface area contributed by atoms with Crippen LogP contribution in [0, 0.1) is 39.4 Å². The van der Waals surface area contributed by atoms with Crippen LogP contribution in [0.15, 0.2) is 11.1 Å². The third kappa shape index (κ3) is 3.65. The topological polar surface area (TPSA) is 115 Å². The van der Waals surface area contributed by atoms with E-state index in [0.717, 1.165) is 5.57 Å². The molecule has 2 saturated carbocycles. The molecule has 0 amide bonds. The van der Waals surface area contributed by atoms with Crippen LogP contribution in [0.5, 0.6) is 0 Å². The van der Waals surface area contributed by atoms with Gasteiger partial charge < -0.3 is 20.4 Å². The highest BCUT2D eigenvalue weighted by Crippen LogP contribution is 2.71. The zero-order chi connectivity index (χ0) is 26.3. The number of aliphatic hydroxyl groups is 4. The normalized spacial score (nSPS) is 46.5. The quantitative estimate of drug-likeness (QED) is 0.468. The molecule has 0 saturated heterocycles. The van der Waals surface area contributed by atoms with Gasteiger partial charge in [-0.2, -0.15) is 0 Å². The van der Waals surface area contributed by atoms with Crippen molar-refractivity contribution in [3.63, 3.8) is 0 Å². The molecular weight excluding hydrogens is 444 g/mol. The lowest BCUT2D eigenvalue weighted by Gasteiger charge is -2.62. The molecular formula is C29H46O6. The molecule has 0 aliphatic heterocycles. The minimum atomic E-state index is -0.846. The second-order valence-corrected chi connectivity index (χ2v) is 13.7. The van der Waals surface area contributed by atoms with E-state index in [1.165, 1.54) is 0 Å². The molecule has 2 fully saturated rings. The second-order valence-electron chi connectivity index (χ2n) is 13.7. The highest BCUT2D eigenvalue weighted by Gasteiger charge is 2.69. The Morgan fingerprint density at radius 3 is 2.23 bits per heavy atom. The number of aliphatic hydroxyl groups excluding tert-OH is 4. The second kappa shape index (κ2) is 8.47. The molecule has 198 valence electrons. The fourth-order valence-electron chi connectivity index (χ4n) is 9.29. The maximum atomic E-state index is 14.0. The van der Waals surface area contributed by atoms with Gasteiger partial charge in [-0.25, -0.2) is 0 Å². The predicted molar refractivity (Wildman–Crippen MR) is 133 cm³/mol. The Kier molecular flexibility index (Phi) is 6.53. The number of fused-ring (bicyclic) bond motifs is 4. The van der Waals surface area contributed by atoms with Crippen LogP contribution in [0.3, 0.4) is 0 Å². The highest BCUT2D eigenvalue weighted by molar-refractivity contribution is 6.00. The van der Waals surface area contributed by atoms with Gasteiger partial charge in [0.1, 0.15) is 5.78 Å². The SMILES string of the molecule is C[C@H](O)CC(=O)C[C@@H](C)[C@H]1C[C@H](O)[C@@]2(C)C3=C(C(=O)C[C@]12C)[C@@]1(C)CC[C@H](O)C(C)(C)[C@@H]1C[C@@H]3O. The van der Waals surface area contributed by atoms with Crippen molar-refractivity contribution in [2.24, 2.45) is 39.4 Å². The van der Waals surface area contributed by atoms with Crippen LogP contribution in [0.4, 0.5) is 0 Å². The fraction of sp³-hybridized carbons (Fsp3) is 0.862. The zero-order valence-corrected chi connectivity index (χ0v) is 22.6. The number of carbonyl (C=O) groups excluding carboxylic acids is 2. The first kappa shape index (κ1) is 27.0. The van der Waals surface area contributed by atoms with E-state index in [-0.39, 0.29) is 42.2 Å². The molecule has 4 N–H and O–H groups in total. The standard InChI is InChI=1S/C29H46O6/c1-15(10-17(31)11-16(2)30)18-12-23(35)29(7)25-19(32)13-21-26(3,4)22(34)8-9-27(21,5)24(25)20(33)14-28(18,29)6/h15-16,18-19,21-23,30,32,34-35H,8-14H2,1-7H3/t15-,16+,18-,19+,21+,22+,23+,27+,28-,29+/m1/s1. The van der Waals surface area contributed by atoms with Crippen LogP contribution < -0.4 is 0 Å². The number of ketones is 2. The summed E-state index contributed by atoms with van der Waals surface area (Å²) in [5.41, 5.74) is -0.797. The predicted octanol–water partition coefficient (Wildman–Crippen LogP) is 3.58. The molecule has 6 heteroatoms. The highest BCUT2D eigenvalue weighted by atomic mass is 16.3. The zero-order valence-electron chi connectivity index (χ0n) is 22.6. The van der Waals surface area contributed by atoms with E-state index in [9.17, 15) is 30.0 Å². The van der Waals surface area contributed by atoms with E-state index in [2.05, 4.69) is 13.8 Å². The molecule has 0 unspecified atom stereocenters. The van der Waals surface area contributed by atoms with Crippen molar-refractivity contribution in [2.45, 2.75) is 118 Å². The van der Waals surface area contributed by atoms with Gasteiger partial charge in [0.25, 0.3) is 0 Å². The van der Waals surface area contributed by atoms with Crippen molar-refractivity contribution in [1.29, 1.82) is 0 Å². The van der Waals surface area contributed by atoms with Gasteiger partial charge in [-0.3, -0.25) is 9.59 Å².